The molecule has 0 saturated carbocycles. The molecular formula is C54H116N6O9. The first-order valence-corrected chi connectivity index (χ1v) is 18.0. The van der Waals surface area contributed by atoms with Gasteiger partial charge in [0, 0.05) is 53.4 Å². The van der Waals surface area contributed by atoms with E-state index in [-0.39, 0.29) is 167 Å². The molecule has 9 N–H and O–H groups in total. The molecule has 0 saturated heterocycles. The molecule has 0 fully saturated rings. The van der Waals surface area contributed by atoms with Crippen LogP contribution in [-0.4, -0.2) is 115 Å². The van der Waals surface area contributed by atoms with E-state index in [0.29, 0.717) is 86.4 Å². The van der Waals surface area contributed by atoms with E-state index in [2.05, 4.69) is 16.0 Å². The number of nitrogens with two attached hydrogens (primary N) is 3. The Balaban J connectivity index is -0.000000190. The maximum absolute atomic E-state index is 12.3. The van der Waals surface area contributed by atoms with E-state index in [0.717, 1.165) is 0 Å². The van der Waals surface area contributed by atoms with E-state index in [1.807, 2.05) is 20.8 Å². The highest BCUT2D eigenvalue weighted by Crippen LogP contribution is 2.08. The number of anilines is 3. The number of carbonyl (C=O) groups is 3. The minimum Gasteiger partial charge on any atom is -0.399 e. The number of nitrogen functional groups attached to an aromatic ring is 3. The fourth-order valence-corrected chi connectivity index (χ4v) is 4.77. The van der Waals surface area contributed by atoms with Crippen LogP contribution in [0.3, 0.4) is 0 Å². The van der Waals surface area contributed by atoms with Gasteiger partial charge in [0.1, 0.15) is 6.10 Å². The second-order valence-corrected chi connectivity index (χ2v) is 12.7. The molecule has 416 valence electrons. The third-order valence-electron chi connectivity index (χ3n) is 7.77. The Bertz CT molecular complexity index is 1460. The molecule has 3 aromatic rings. The van der Waals surface area contributed by atoms with Gasteiger partial charge >= 0.3 is 0 Å². The third-order valence-corrected chi connectivity index (χ3v) is 7.77. The zero-order valence-corrected chi connectivity index (χ0v) is 31.4. The normalized spacial score (nSPS) is 10.5. The predicted octanol–water partition coefficient (Wildman–Crippen LogP) is 12.2. The van der Waals surface area contributed by atoms with E-state index in [4.69, 9.17) is 45.6 Å². The van der Waals surface area contributed by atoms with E-state index < -0.39 is 6.10 Å². The highest BCUT2D eigenvalue weighted by Gasteiger charge is 2.16. The van der Waals surface area contributed by atoms with E-state index >= 15 is 0 Å². The molecule has 0 spiro atoms. The van der Waals surface area contributed by atoms with Crippen molar-refractivity contribution in [2.75, 3.05) is 89.7 Å². The predicted molar refractivity (Wildman–Crippen MR) is 308 cm³/mol. The maximum atomic E-state index is 12.3. The maximum Gasteiger partial charge on any atom is 0.251 e. The summed E-state index contributed by atoms with van der Waals surface area (Å²) in [5.41, 5.74) is 20.4. The number of hydrogen-bond donors (Lipinski definition) is 6. The number of hydrogen-bond acceptors (Lipinski definition) is 12. The number of carbonyl (C=O) groups excluding carboxylic acids is 3. The molecule has 3 unspecified atom stereocenters. The lowest BCUT2D eigenvalue weighted by Crippen LogP contribution is -2.34. The Kier molecular flexibility index (Phi) is 79.2. The quantitative estimate of drug-likeness (QED) is 0.0327. The standard InChI is InChI=1S/C39H56N6O9.15CH4/c1-27(51-19-16-43-37(46)30-4-10-33(40)11-5-30)22-49-25-36(54-24-29(3)53-21-18-45-39(48)32-8-14-35(42)15-9-32)26-50-23-28(2)52-20-17-44-38(47)31-6-12-34(41)13-7-31;;;;;;;;;;;;;;;/h4-15,27-29,36H,16-26,40-42H2,1-3H3,(H,43,46)(H,44,47)(H,45,48);15*1H4. The second-order valence-electron chi connectivity index (χ2n) is 12.7. The van der Waals surface area contributed by atoms with Gasteiger partial charge in [0.25, 0.3) is 17.7 Å². The van der Waals surface area contributed by atoms with Gasteiger partial charge in [-0.1, -0.05) is 111 Å². The molecule has 0 aliphatic heterocycles. The molecule has 15 nitrogen and oxygen atoms in total. The first-order valence-electron chi connectivity index (χ1n) is 18.0. The number of rotatable bonds is 26. The van der Waals surface area contributed by atoms with Gasteiger partial charge in [-0.15, -0.1) is 0 Å². The van der Waals surface area contributed by atoms with Crippen molar-refractivity contribution >= 4 is 34.8 Å². The zero-order chi connectivity index (χ0) is 39.1. The molecular weight excluding hydrogens is 877 g/mol. The lowest BCUT2D eigenvalue weighted by Gasteiger charge is -2.23. The van der Waals surface area contributed by atoms with Crippen molar-refractivity contribution in [2.24, 2.45) is 0 Å². The topological polar surface area (TPSA) is 221 Å². The summed E-state index contributed by atoms with van der Waals surface area (Å²) in [6.07, 6.45) is -1.16. The summed E-state index contributed by atoms with van der Waals surface area (Å²) in [6, 6.07) is 20.1. The van der Waals surface area contributed by atoms with Gasteiger partial charge in [-0.25, -0.2) is 0 Å². The first kappa shape index (κ1) is 97.8. The number of ether oxygens (including phenoxy) is 6. The Hall–Kier alpha value is -4.77. The SMILES string of the molecule is C.C.C.C.C.C.C.C.C.C.C.C.C.C.C.CC(COCC(COCC(C)OCCNC(=O)c1ccc(N)cc1)OCC(C)OCCNC(=O)c1ccc(N)cc1)OCCNC(=O)c1ccc(N)cc1. The highest BCUT2D eigenvalue weighted by molar-refractivity contribution is 5.95. The molecule has 15 heteroatoms. The van der Waals surface area contributed by atoms with E-state index in [1.165, 1.54) is 0 Å². The van der Waals surface area contributed by atoms with Crippen molar-refractivity contribution in [1.29, 1.82) is 0 Å². The van der Waals surface area contributed by atoms with Crippen LogP contribution in [0.5, 0.6) is 0 Å². The van der Waals surface area contributed by atoms with E-state index in [9.17, 15) is 14.4 Å². The molecule has 3 aromatic carbocycles. The van der Waals surface area contributed by atoms with Crippen molar-refractivity contribution < 1.29 is 42.8 Å². The summed E-state index contributed by atoms with van der Waals surface area (Å²) in [5.74, 6) is -0.618. The molecule has 0 aliphatic rings. The largest absolute Gasteiger partial charge is 0.399 e. The Morgan fingerprint density at radius 2 is 0.609 bits per heavy atom. The summed E-state index contributed by atoms with van der Waals surface area (Å²) >= 11 is 0. The lowest BCUT2D eigenvalue weighted by atomic mass is 10.2. The van der Waals surface area contributed by atoms with Crippen LogP contribution >= 0.6 is 0 Å². The van der Waals surface area contributed by atoms with Crippen LogP contribution in [0.25, 0.3) is 0 Å². The van der Waals surface area contributed by atoms with Gasteiger partial charge in [-0.2, -0.15) is 0 Å². The second kappa shape index (κ2) is 55.8. The van der Waals surface area contributed by atoms with Crippen LogP contribution in [0.2, 0.25) is 0 Å². The average molecular weight is 994 g/mol. The van der Waals surface area contributed by atoms with Crippen molar-refractivity contribution in [3.05, 3.63) is 89.5 Å². The third kappa shape index (κ3) is 41.9. The van der Waals surface area contributed by atoms with Crippen molar-refractivity contribution in [3.63, 3.8) is 0 Å². The fraction of sp³-hybridized carbons (Fsp3) is 0.611. The summed E-state index contributed by atoms with van der Waals surface area (Å²) in [7, 11) is 0. The van der Waals surface area contributed by atoms with Crippen LogP contribution < -0.4 is 33.2 Å². The minimum absolute atomic E-state index is 0. The minimum atomic E-state index is -0.418. The Morgan fingerprint density at radius 1 is 0.377 bits per heavy atom. The van der Waals surface area contributed by atoms with Gasteiger partial charge in [0.15, 0.2) is 0 Å². The highest BCUT2D eigenvalue weighted by atomic mass is 16.6. The summed E-state index contributed by atoms with van der Waals surface area (Å²) in [6.45, 7) is 8.91. The smallest absolute Gasteiger partial charge is 0.251 e. The molecule has 3 amide bonds. The molecule has 0 bridgehead atoms. The fourth-order valence-electron chi connectivity index (χ4n) is 4.77. The molecule has 0 aromatic heterocycles. The van der Waals surface area contributed by atoms with Crippen molar-refractivity contribution in [1.82, 2.24) is 16.0 Å². The van der Waals surface area contributed by atoms with Crippen LogP contribution in [0.4, 0.5) is 17.1 Å². The van der Waals surface area contributed by atoms with Crippen LogP contribution in [-0.2, 0) is 28.4 Å². The molecule has 3 atom stereocenters. The first-order chi connectivity index (χ1) is 26.0. The van der Waals surface area contributed by atoms with Gasteiger partial charge in [0.2, 0.25) is 0 Å². The summed E-state index contributed by atoms with van der Waals surface area (Å²) < 4.78 is 35.4. The van der Waals surface area contributed by atoms with Crippen molar-refractivity contribution in [2.45, 2.75) is 157 Å². The van der Waals surface area contributed by atoms with Crippen LogP contribution in [0, 0.1) is 0 Å². The van der Waals surface area contributed by atoms with Crippen molar-refractivity contribution in [3.8, 4) is 0 Å². The molecule has 0 aliphatic carbocycles. The van der Waals surface area contributed by atoms with Gasteiger partial charge in [-0.3, -0.25) is 14.4 Å². The molecule has 69 heavy (non-hydrogen) atoms. The zero-order valence-electron chi connectivity index (χ0n) is 31.4. The molecule has 3 rings (SSSR count). The van der Waals surface area contributed by atoms with Crippen LogP contribution in [0.1, 0.15) is 163 Å². The monoisotopic (exact) mass is 993 g/mol. The van der Waals surface area contributed by atoms with Gasteiger partial charge in [0.05, 0.1) is 71.2 Å². The Morgan fingerprint density at radius 3 is 0.855 bits per heavy atom. The number of amides is 3. The summed E-state index contributed by atoms with van der Waals surface area (Å²) in [5, 5.41) is 8.46. The molecule has 0 heterocycles. The van der Waals surface area contributed by atoms with Gasteiger partial charge < -0.3 is 61.6 Å². The van der Waals surface area contributed by atoms with E-state index in [1.54, 1.807) is 72.8 Å². The Labute approximate surface area is 428 Å². The number of benzene rings is 3. The summed E-state index contributed by atoms with van der Waals surface area (Å²) in [4.78, 5) is 36.9. The van der Waals surface area contributed by atoms with Gasteiger partial charge in [-0.05, 0) is 93.6 Å². The average Bonchev–Trinajstić information content (AvgIpc) is 3.16. The van der Waals surface area contributed by atoms with Crippen LogP contribution in [0.15, 0.2) is 72.8 Å². The number of nitrogens with one attached hydrogen (secondary N) is 3. The molecule has 0 radical (unpaired) electrons. The lowest BCUT2D eigenvalue weighted by molar-refractivity contribution is -0.107.